The molecule has 1 fully saturated rings. The molecule has 1 unspecified atom stereocenters. The van der Waals surface area contributed by atoms with E-state index in [0.717, 1.165) is 12.1 Å². The smallest absolute Gasteiger partial charge is 0.147 e. The van der Waals surface area contributed by atoms with E-state index in [1.807, 2.05) is 6.92 Å². The first-order valence-corrected chi connectivity index (χ1v) is 5.34. The molecule has 15 heavy (non-hydrogen) atoms. The Kier molecular flexibility index (Phi) is 3.24. The van der Waals surface area contributed by atoms with Gasteiger partial charge in [-0.25, -0.2) is 4.39 Å². The summed E-state index contributed by atoms with van der Waals surface area (Å²) in [6, 6.07) is 3.41. The Bertz CT molecular complexity index is 364. The molecule has 1 atom stereocenters. The molecular formula is C11H13ClFNO. The van der Waals surface area contributed by atoms with Gasteiger partial charge in [-0.15, -0.1) is 0 Å². The molecule has 1 aliphatic heterocycles. The molecule has 0 amide bonds. The van der Waals surface area contributed by atoms with Gasteiger partial charge in [0.15, 0.2) is 0 Å². The van der Waals surface area contributed by atoms with Crippen LogP contribution in [0.1, 0.15) is 17.2 Å². The van der Waals surface area contributed by atoms with Crippen LogP contribution in [0.4, 0.5) is 4.39 Å². The number of halogens is 2. The molecule has 1 N–H and O–H groups in total. The lowest BCUT2D eigenvalue weighted by molar-refractivity contribution is 0.0255. The van der Waals surface area contributed by atoms with Crippen LogP contribution >= 0.6 is 11.6 Å². The molecule has 0 aliphatic carbocycles. The third-order valence-electron chi connectivity index (χ3n) is 2.48. The van der Waals surface area contributed by atoms with Gasteiger partial charge in [0.1, 0.15) is 5.82 Å². The van der Waals surface area contributed by atoms with Gasteiger partial charge in [-0.1, -0.05) is 17.7 Å². The number of benzene rings is 1. The molecule has 0 radical (unpaired) electrons. The Morgan fingerprint density at radius 1 is 1.53 bits per heavy atom. The predicted octanol–water partition coefficient (Wildman–Crippen LogP) is 2.45. The third-order valence-corrected chi connectivity index (χ3v) is 2.75. The van der Waals surface area contributed by atoms with Gasteiger partial charge >= 0.3 is 0 Å². The lowest BCUT2D eigenvalue weighted by atomic mass is 10.0. The molecule has 1 aliphatic rings. The third kappa shape index (κ3) is 2.30. The molecule has 1 heterocycles. The zero-order valence-electron chi connectivity index (χ0n) is 8.52. The molecule has 0 bridgehead atoms. The average Bonchev–Trinajstić information content (AvgIpc) is 2.24. The van der Waals surface area contributed by atoms with Crippen LogP contribution in [0.5, 0.6) is 0 Å². The maximum atomic E-state index is 13.7. The van der Waals surface area contributed by atoms with Gasteiger partial charge in [-0.3, -0.25) is 0 Å². The number of hydrogen-bond acceptors (Lipinski definition) is 2. The van der Waals surface area contributed by atoms with Gasteiger partial charge < -0.3 is 10.1 Å². The van der Waals surface area contributed by atoms with Crippen molar-refractivity contribution in [3.63, 3.8) is 0 Å². The Balaban J connectivity index is 2.33. The quantitative estimate of drug-likeness (QED) is 0.799. The van der Waals surface area contributed by atoms with Crippen LogP contribution in [-0.2, 0) is 4.74 Å². The molecule has 0 aromatic heterocycles. The van der Waals surface area contributed by atoms with Crippen LogP contribution in [0, 0.1) is 12.7 Å². The summed E-state index contributed by atoms with van der Waals surface area (Å²) < 4.78 is 19.2. The fourth-order valence-corrected chi connectivity index (χ4v) is 2.03. The Hall–Kier alpha value is -0.640. The summed E-state index contributed by atoms with van der Waals surface area (Å²) in [4.78, 5) is 0. The molecule has 1 aromatic rings. The van der Waals surface area contributed by atoms with E-state index in [9.17, 15) is 4.39 Å². The van der Waals surface area contributed by atoms with E-state index in [0.29, 0.717) is 18.7 Å². The minimum Gasteiger partial charge on any atom is -0.371 e. The molecule has 2 nitrogen and oxygen atoms in total. The van der Waals surface area contributed by atoms with Gasteiger partial charge in [-0.2, -0.15) is 0 Å². The minimum atomic E-state index is -0.365. The summed E-state index contributed by atoms with van der Waals surface area (Å²) in [5.74, 6) is -0.365. The topological polar surface area (TPSA) is 21.3 Å². The summed E-state index contributed by atoms with van der Waals surface area (Å²) in [6.45, 7) is 3.95. The van der Waals surface area contributed by atoms with Crippen LogP contribution in [0.3, 0.4) is 0 Å². The highest BCUT2D eigenvalue weighted by molar-refractivity contribution is 6.30. The van der Waals surface area contributed by atoms with Crippen molar-refractivity contribution < 1.29 is 9.13 Å². The van der Waals surface area contributed by atoms with Crippen LogP contribution < -0.4 is 5.32 Å². The van der Waals surface area contributed by atoms with Gasteiger partial charge in [0.2, 0.25) is 0 Å². The zero-order chi connectivity index (χ0) is 10.8. The van der Waals surface area contributed by atoms with Crippen molar-refractivity contribution in [1.29, 1.82) is 0 Å². The summed E-state index contributed by atoms with van der Waals surface area (Å²) in [7, 11) is 0. The molecule has 0 spiro atoms. The fourth-order valence-electron chi connectivity index (χ4n) is 1.75. The van der Waals surface area contributed by atoms with Gasteiger partial charge in [0.05, 0.1) is 17.7 Å². The normalized spacial score (nSPS) is 21.7. The molecule has 4 heteroatoms. The van der Waals surface area contributed by atoms with Gasteiger partial charge in [0.25, 0.3) is 0 Å². The number of ether oxygens (including phenoxy) is 1. The maximum Gasteiger partial charge on any atom is 0.147 e. The van der Waals surface area contributed by atoms with Crippen molar-refractivity contribution in [3.8, 4) is 0 Å². The van der Waals surface area contributed by atoms with E-state index in [-0.39, 0.29) is 16.9 Å². The van der Waals surface area contributed by atoms with E-state index >= 15 is 0 Å². The zero-order valence-corrected chi connectivity index (χ0v) is 9.27. The second kappa shape index (κ2) is 4.47. The van der Waals surface area contributed by atoms with Crippen molar-refractivity contribution in [2.75, 3.05) is 19.7 Å². The predicted molar refractivity (Wildman–Crippen MR) is 57.7 cm³/mol. The molecule has 1 saturated heterocycles. The second-order valence-electron chi connectivity index (χ2n) is 3.71. The largest absolute Gasteiger partial charge is 0.371 e. The van der Waals surface area contributed by atoms with Crippen LogP contribution in [0.2, 0.25) is 5.02 Å². The van der Waals surface area contributed by atoms with E-state index in [4.69, 9.17) is 16.3 Å². The minimum absolute atomic E-state index is 0.166. The summed E-state index contributed by atoms with van der Waals surface area (Å²) >= 11 is 5.79. The standard InChI is InChI=1S/C11H13ClFNO/c1-7-4-8(11(13)9(12)5-7)10-6-14-2-3-15-10/h4-5,10,14H,2-3,6H2,1H3. The first-order chi connectivity index (χ1) is 7.18. The van der Waals surface area contributed by atoms with Crippen molar-refractivity contribution in [1.82, 2.24) is 5.32 Å². The van der Waals surface area contributed by atoms with E-state index in [2.05, 4.69) is 5.32 Å². The van der Waals surface area contributed by atoms with Crippen molar-refractivity contribution >= 4 is 11.6 Å². The number of rotatable bonds is 1. The highest BCUT2D eigenvalue weighted by Crippen LogP contribution is 2.27. The maximum absolute atomic E-state index is 13.7. The van der Waals surface area contributed by atoms with E-state index in [1.165, 1.54) is 0 Å². The van der Waals surface area contributed by atoms with Crippen LogP contribution in [0.25, 0.3) is 0 Å². The first kappa shape index (κ1) is 10.9. The summed E-state index contributed by atoms with van der Waals surface area (Å²) in [6.07, 6.45) is -0.226. The van der Waals surface area contributed by atoms with E-state index in [1.54, 1.807) is 12.1 Å². The highest BCUT2D eigenvalue weighted by atomic mass is 35.5. The van der Waals surface area contributed by atoms with Crippen molar-refractivity contribution in [3.05, 3.63) is 34.1 Å². The lowest BCUT2D eigenvalue weighted by Gasteiger charge is -2.24. The Morgan fingerprint density at radius 2 is 2.33 bits per heavy atom. The number of hydrogen-bond donors (Lipinski definition) is 1. The summed E-state index contributed by atoms with van der Waals surface area (Å²) in [5, 5.41) is 3.33. The molecule has 82 valence electrons. The van der Waals surface area contributed by atoms with Crippen molar-refractivity contribution in [2.24, 2.45) is 0 Å². The molecule has 0 saturated carbocycles. The number of aryl methyl sites for hydroxylation is 1. The van der Waals surface area contributed by atoms with Crippen LogP contribution in [0.15, 0.2) is 12.1 Å². The second-order valence-corrected chi connectivity index (χ2v) is 4.12. The Morgan fingerprint density at radius 3 is 3.00 bits per heavy atom. The number of nitrogens with one attached hydrogen (secondary N) is 1. The molecular weight excluding hydrogens is 217 g/mol. The molecule has 2 rings (SSSR count). The Labute approximate surface area is 93.4 Å². The SMILES string of the molecule is Cc1cc(Cl)c(F)c(C2CNCCO2)c1. The molecule has 1 aromatic carbocycles. The lowest BCUT2D eigenvalue weighted by Crippen LogP contribution is -2.33. The van der Waals surface area contributed by atoms with Gasteiger partial charge in [0, 0.05) is 18.7 Å². The monoisotopic (exact) mass is 229 g/mol. The van der Waals surface area contributed by atoms with Crippen molar-refractivity contribution in [2.45, 2.75) is 13.0 Å². The average molecular weight is 230 g/mol. The van der Waals surface area contributed by atoms with Crippen LogP contribution in [-0.4, -0.2) is 19.7 Å². The first-order valence-electron chi connectivity index (χ1n) is 4.96. The highest BCUT2D eigenvalue weighted by Gasteiger charge is 2.21. The summed E-state index contributed by atoms with van der Waals surface area (Å²) in [5.41, 5.74) is 1.50. The fraction of sp³-hybridized carbons (Fsp3) is 0.455. The van der Waals surface area contributed by atoms with E-state index < -0.39 is 0 Å². The number of morpholine rings is 1. The van der Waals surface area contributed by atoms with Gasteiger partial charge in [-0.05, 0) is 18.6 Å².